The minimum absolute atomic E-state index is 0.0644. The summed E-state index contributed by atoms with van der Waals surface area (Å²) in [4.78, 5) is 5.74. The first-order valence-electron chi connectivity index (χ1n) is 8.49. The number of imidazole rings is 1. The third-order valence-electron chi connectivity index (χ3n) is 4.97. The molecule has 142 valence electrons. The van der Waals surface area contributed by atoms with Crippen LogP contribution in [0.25, 0.3) is 5.70 Å². The van der Waals surface area contributed by atoms with E-state index in [-0.39, 0.29) is 18.6 Å². The van der Waals surface area contributed by atoms with E-state index in [1.807, 2.05) is 16.8 Å². The number of nitriles is 1. The number of alkyl halides is 3. The van der Waals surface area contributed by atoms with Crippen molar-refractivity contribution in [1.29, 1.82) is 5.26 Å². The normalized spacial score (nSPS) is 20.1. The summed E-state index contributed by atoms with van der Waals surface area (Å²) in [5, 5.41) is 18.7. The van der Waals surface area contributed by atoms with Crippen LogP contribution < -0.4 is 4.90 Å². The first kappa shape index (κ1) is 19.0. The summed E-state index contributed by atoms with van der Waals surface area (Å²) in [6, 6.07) is 4.99. The Bertz CT molecular complexity index is 868. The van der Waals surface area contributed by atoms with Crippen molar-refractivity contribution in [2.75, 3.05) is 18.6 Å². The molecule has 0 fully saturated rings. The molecule has 0 amide bonds. The summed E-state index contributed by atoms with van der Waals surface area (Å²) in [5.41, 5.74) is -0.0344. The average molecular weight is 376 g/mol. The van der Waals surface area contributed by atoms with Crippen LogP contribution in [0.5, 0.6) is 0 Å². The minimum atomic E-state index is -4.61. The van der Waals surface area contributed by atoms with Crippen LogP contribution in [0, 0.1) is 17.2 Å². The lowest BCUT2D eigenvalue weighted by Crippen LogP contribution is -2.40. The molecule has 1 aromatic carbocycles. The lowest BCUT2D eigenvalue weighted by molar-refractivity contribution is -0.137. The molecule has 3 rings (SSSR count). The fourth-order valence-corrected chi connectivity index (χ4v) is 3.45. The number of aliphatic hydroxyl groups excluding tert-OH is 1. The van der Waals surface area contributed by atoms with E-state index in [1.165, 1.54) is 12.1 Å². The number of allylic oxidation sites excluding steroid dienone is 1. The highest BCUT2D eigenvalue weighted by molar-refractivity contribution is 5.58. The Morgan fingerprint density at radius 2 is 2.19 bits per heavy atom. The molecule has 27 heavy (non-hydrogen) atoms. The van der Waals surface area contributed by atoms with Gasteiger partial charge >= 0.3 is 6.18 Å². The predicted octanol–water partition coefficient (Wildman–Crippen LogP) is 3.52. The number of anilines is 1. The molecule has 0 spiro atoms. The number of hydrogen-bond acceptors (Lipinski definition) is 4. The minimum Gasteiger partial charge on any atom is -0.396 e. The zero-order valence-electron chi connectivity index (χ0n) is 14.7. The van der Waals surface area contributed by atoms with E-state index in [0.29, 0.717) is 12.1 Å². The second-order valence-electron chi connectivity index (χ2n) is 6.55. The fourth-order valence-electron chi connectivity index (χ4n) is 3.45. The molecule has 2 atom stereocenters. The van der Waals surface area contributed by atoms with Gasteiger partial charge in [0.15, 0.2) is 0 Å². The summed E-state index contributed by atoms with van der Waals surface area (Å²) in [5.74, 6) is -0.104. The molecule has 0 radical (unpaired) electrons. The standard InChI is InChI=1S/C19H19F3N4O/c1-25(15-4-2-13(10-23)17(8-15)19(20,21)22)18-9-16(5-3-14(18)11-27)26-7-6-24-12-26/h2,4,6-9,12,14,18,27H,3,5,11H2,1H3. The molecule has 2 aromatic rings. The third-order valence-corrected chi connectivity index (χ3v) is 4.97. The maximum atomic E-state index is 13.3. The number of nitrogens with zero attached hydrogens (tertiary/aromatic N) is 4. The van der Waals surface area contributed by atoms with Crippen molar-refractivity contribution >= 4 is 11.4 Å². The molecule has 5 nitrogen and oxygen atoms in total. The van der Waals surface area contributed by atoms with Gasteiger partial charge in [-0.25, -0.2) is 4.98 Å². The van der Waals surface area contributed by atoms with Crippen molar-refractivity contribution in [3.63, 3.8) is 0 Å². The van der Waals surface area contributed by atoms with Crippen molar-refractivity contribution in [2.45, 2.75) is 25.1 Å². The number of likely N-dealkylation sites (N-methyl/N-ethyl adjacent to an activating group) is 1. The van der Waals surface area contributed by atoms with Crippen LogP contribution in [0.3, 0.4) is 0 Å². The smallest absolute Gasteiger partial charge is 0.396 e. The monoisotopic (exact) mass is 376 g/mol. The highest BCUT2D eigenvalue weighted by Gasteiger charge is 2.35. The van der Waals surface area contributed by atoms with Crippen molar-refractivity contribution in [1.82, 2.24) is 9.55 Å². The molecule has 1 heterocycles. The zero-order chi connectivity index (χ0) is 19.6. The molecule has 8 heteroatoms. The summed E-state index contributed by atoms with van der Waals surface area (Å²) in [6.07, 6.45) is 3.94. The van der Waals surface area contributed by atoms with Crippen molar-refractivity contribution in [2.24, 2.45) is 5.92 Å². The molecule has 1 aliphatic carbocycles. The number of hydrogen-bond donors (Lipinski definition) is 1. The van der Waals surface area contributed by atoms with Gasteiger partial charge in [-0.15, -0.1) is 0 Å². The Balaban J connectivity index is 1.99. The highest BCUT2D eigenvalue weighted by Crippen LogP contribution is 2.36. The quantitative estimate of drug-likeness (QED) is 0.887. The Kier molecular flexibility index (Phi) is 5.24. The van der Waals surface area contributed by atoms with Gasteiger partial charge in [0.2, 0.25) is 0 Å². The number of aromatic nitrogens is 2. The van der Waals surface area contributed by atoms with Gasteiger partial charge in [-0.05, 0) is 37.1 Å². The van der Waals surface area contributed by atoms with Crippen molar-refractivity contribution < 1.29 is 18.3 Å². The fraction of sp³-hybridized carbons (Fsp3) is 0.368. The second kappa shape index (κ2) is 7.45. The van der Waals surface area contributed by atoms with Gasteiger partial charge in [0.25, 0.3) is 0 Å². The Hall–Kier alpha value is -2.79. The Morgan fingerprint density at radius 1 is 1.41 bits per heavy atom. The van der Waals surface area contributed by atoms with Crippen LogP contribution in [0.1, 0.15) is 24.0 Å². The molecule has 0 aliphatic heterocycles. The van der Waals surface area contributed by atoms with E-state index >= 15 is 0 Å². The molecule has 1 aromatic heterocycles. The van der Waals surface area contributed by atoms with Gasteiger partial charge in [0.1, 0.15) is 0 Å². The topological polar surface area (TPSA) is 65.1 Å². The molecule has 0 bridgehead atoms. The van der Waals surface area contributed by atoms with E-state index < -0.39 is 17.3 Å². The van der Waals surface area contributed by atoms with Crippen LogP contribution in [0.2, 0.25) is 0 Å². The summed E-state index contributed by atoms with van der Waals surface area (Å²) in [7, 11) is 1.70. The predicted molar refractivity (Wildman–Crippen MR) is 94.7 cm³/mol. The van der Waals surface area contributed by atoms with Crippen molar-refractivity contribution in [3.8, 4) is 6.07 Å². The van der Waals surface area contributed by atoms with Crippen LogP contribution in [-0.2, 0) is 6.18 Å². The average Bonchev–Trinajstić information content (AvgIpc) is 3.20. The van der Waals surface area contributed by atoms with E-state index in [9.17, 15) is 18.3 Å². The SMILES string of the molecule is CN(c1ccc(C#N)c(C(F)(F)F)c1)C1C=C(n2ccnc2)CCC1CO. The Labute approximate surface area is 155 Å². The third kappa shape index (κ3) is 3.83. The highest BCUT2D eigenvalue weighted by atomic mass is 19.4. The van der Waals surface area contributed by atoms with Gasteiger partial charge in [-0.1, -0.05) is 0 Å². The van der Waals surface area contributed by atoms with E-state index in [1.54, 1.807) is 30.5 Å². The number of rotatable bonds is 4. The first-order chi connectivity index (χ1) is 12.8. The molecular weight excluding hydrogens is 357 g/mol. The van der Waals surface area contributed by atoms with E-state index in [4.69, 9.17) is 5.26 Å². The number of halogens is 3. The van der Waals surface area contributed by atoms with Gasteiger partial charge in [-0.2, -0.15) is 18.4 Å². The molecule has 2 unspecified atom stereocenters. The molecule has 0 saturated carbocycles. The maximum absolute atomic E-state index is 13.3. The van der Waals surface area contributed by atoms with Crippen LogP contribution >= 0.6 is 0 Å². The lowest BCUT2D eigenvalue weighted by Gasteiger charge is -2.37. The summed E-state index contributed by atoms with van der Waals surface area (Å²) >= 11 is 0. The molecule has 0 saturated heterocycles. The lowest BCUT2D eigenvalue weighted by atomic mass is 9.87. The zero-order valence-corrected chi connectivity index (χ0v) is 14.7. The molecule has 1 N–H and O–H groups in total. The van der Waals surface area contributed by atoms with Gasteiger partial charge < -0.3 is 14.6 Å². The second-order valence-corrected chi connectivity index (χ2v) is 6.55. The maximum Gasteiger partial charge on any atom is 0.417 e. The van der Waals surface area contributed by atoms with E-state index in [0.717, 1.165) is 18.2 Å². The largest absolute Gasteiger partial charge is 0.417 e. The molecular formula is C19H19F3N4O. The summed E-state index contributed by atoms with van der Waals surface area (Å²) in [6.45, 7) is -0.0644. The Morgan fingerprint density at radius 3 is 2.78 bits per heavy atom. The van der Waals surface area contributed by atoms with Gasteiger partial charge in [0, 0.05) is 43.4 Å². The number of benzene rings is 1. The first-order valence-corrected chi connectivity index (χ1v) is 8.49. The van der Waals surface area contributed by atoms with Crippen LogP contribution in [0.15, 0.2) is 43.0 Å². The van der Waals surface area contributed by atoms with Crippen molar-refractivity contribution in [3.05, 3.63) is 54.1 Å². The van der Waals surface area contributed by atoms with Gasteiger partial charge in [-0.3, -0.25) is 0 Å². The van der Waals surface area contributed by atoms with Crippen LogP contribution in [0.4, 0.5) is 18.9 Å². The van der Waals surface area contributed by atoms with E-state index in [2.05, 4.69) is 4.98 Å². The molecule has 1 aliphatic rings. The van der Waals surface area contributed by atoms with Gasteiger partial charge in [0.05, 0.1) is 29.6 Å². The summed E-state index contributed by atoms with van der Waals surface area (Å²) < 4.78 is 41.7. The van der Waals surface area contributed by atoms with Crippen LogP contribution in [-0.4, -0.2) is 34.4 Å². The number of aliphatic hydroxyl groups is 1.